The van der Waals surface area contributed by atoms with Crippen molar-refractivity contribution in [3.8, 4) is 11.8 Å². The molecule has 0 bridgehead atoms. The van der Waals surface area contributed by atoms with E-state index in [0.717, 1.165) is 16.8 Å². The van der Waals surface area contributed by atoms with Crippen molar-refractivity contribution in [1.82, 2.24) is 9.78 Å². The molecule has 2 aromatic rings. The normalized spacial score (nSPS) is 11.0. The van der Waals surface area contributed by atoms with Crippen molar-refractivity contribution in [2.75, 3.05) is 11.2 Å². The van der Waals surface area contributed by atoms with E-state index >= 15 is 0 Å². The Kier molecular flexibility index (Phi) is 4.37. The molecular formula is C13H8ClF3N4O. The monoisotopic (exact) mass is 328 g/mol. The van der Waals surface area contributed by atoms with E-state index in [2.05, 4.69) is 10.4 Å². The summed E-state index contributed by atoms with van der Waals surface area (Å²) in [6.45, 7) is 0. The van der Waals surface area contributed by atoms with Gasteiger partial charge in [0.2, 0.25) is 5.91 Å². The number of nitrogens with zero attached hydrogens (tertiary/aromatic N) is 3. The van der Waals surface area contributed by atoms with Crippen LogP contribution in [0.1, 0.15) is 11.3 Å². The average molecular weight is 329 g/mol. The van der Waals surface area contributed by atoms with E-state index < -0.39 is 17.6 Å². The van der Waals surface area contributed by atoms with E-state index in [1.807, 2.05) is 0 Å². The van der Waals surface area contributed by atoms with Crippen molar-refractivity contribution in [3.05, 3.63) is 41.6 Å². The zero-order valence-electron chi connectivity index (χ0n) is 10.9. The fraction of sp³-hybridized carbons (Fsp3) is 0.154. The highest BCUT2D eigenvalue weighted by Crippen LogP contribution is 2.30. The van der Waals surface area contributed by atoms with Crippen LogP contribution in [0.3, 0.4) is 0 Å². The van der Waals surface area contributed by atoms with Gasteiger partial charge in [-0.3, -0.25) is 4.79 Å². The maximum absolute atomic E-state index is 12.8. The number of rotatable bonds is 3. The van der Waals surface area contributed by atoms with Gasteiger partial charge in [0.1, 0.15) is 17.8 Å². The molecule has 1 heterocycles. The second-order valence-corrected chi connectivity index (χ2v) is 4.44. The van der Waals surface area contributed by atoms with Gasteiger partial charge in [-0.1, -0.05) is 6.07 Å². The highest BCUT2D eigenvalue weighted by Gasteiger charge is 2.30. The van der Waals surface area contributed by atoms with Crippen molar-refractivity contribution < 1.29 is 18.0 Å². The first-order valence-corrected chi connectivity index (χ1v) is 6.42. The number of anilines is 1. The summed E-state index contributed by atoms with van der Waals surface area (Å²) in [5.41, 5.74) is -0.864. The predicted molar refractivity (Wildman–Crippen MR) is 72.6 cm³/mol. The largest absolute Gasteiger partial charge is 0.416 e. The summed E-state index contributed by atoms with van der Waals surface area (Å²) in [5.74, 6) is -0.851. The zero-order valence-corrected chi connectivity index (χ0v) is 11.6. The molecule has 0 fully saturated rings. The third-order valence-electron chi connectivity index (χ3n) is 2.63. The lowest BCUT2D eigenvalue weighted by molar-refractivity contribution is -0.137. The number of hydrogen-bond acceptors (Lipinski definition) is 3. The fourth-order valence-electron chi connectivity index (χ4n) is 1.71. The Morgan fingerprint density at radius 2 is 2.14 bits per heavy atom. The van der Waals surface area contributed by atoms with Crippen LogP contribution in [0.4, 0.5) is 19.0 Å². The minimum absolute atomic E-state index is 0.0534. The number of hydrogen-bond donors (Lipinski definition) is 1. The molecule has 5 nitrogen and oxygen atoms in total. The van der Waals surface area contributed by atoms with Crippen molar-refractivity contribution in [3.63, 3.8) is 0 Å². The number of nitriles is 1. The van der Waals surface area contributed by atoms with Gasteiger partial charge < -0.3 is 5.32 Å². The summed E-state index contributed by atoms with van der Waals surface area (Å²) in [6, 6.07) is 7.36. The molecule has 1 aromatic heterocycles. The quantitative estimate of drug-likeness (QED) is 0.881. The van der Waals surface area contributed by atoms with Gasteiger partial charge in [-0.15, -0.1) is 11.6 Å². The lowest BCUT2D eigenvalue weighted by Gasteiger charge is -2.11. The molecule has 1 aromatic carbocycles. The summed E-state index contributed by atoms with van der Waals surface area (Å²) < 4.78 is 39.3. The molecule has 2 rings (SSSR count). The molecule has 0 aliphatic rings. The maximum Gasteiger partial charge on any atom is 0.416 e. The third kappa shape index (κ3) is 3.38. The van der Waals surface area contributed by atoms with E-state index in [4.69, 9.17) is 16.9 Å². The zero-order chi connectivity index (χ0) is 16.3. The minimum Gasteiger partial charge on any atom is -0.310 e. The van der Waals surface area contributed by atoms with Crippen molar-refractivity contribution >= 4 is 23.3 Å². The topological polar surface area (TPSA) is 70.7 Å². The number of alkyl halides is 4. The Bertz CT molecular complexity index is 748. The second-order valence-electron chi connectivity index (χ2n) is 4.17. The summed E-state index contributed by atoms with van der Waals surface area (Å²) in [6.07, 6.45) is -4.51. The average Bonchev–Trinajstić information content (AvgIpc) is 2.89. The Balaban J connectivity index is 2.50. The predicted octanol–water partition coefficient (Wildman–Crippen LogP) is 2.94. The number of halogens is 4. The first kappa shape index (κ1) is 15.9. The van der Waals surface area contributed by atoms with Gasteiger partial charge in [-0.2, -0.15) is 23.5 Å². The Morgan fingerprint density at radius 1 is 1.41 bits per heavy atom. The smallest absolute Gasteiger partial charge is 0.310 e. The van der Waals surface area contributed by atoms with Crippen molar-refractivity contribution in [1.29, 1.82) is 5.26 Å². The second kappa shape index (κ2) is 6.07. The summed E-state index contributed by atoms with van der Waals surface area (Å²) >= 11 is 5.37. The van der Waals surface area contributed by atoms with Crippen molar-refractivity contribution in [2.45, 2.75) is 6.18 Å². The molecule has 114 valence electrons. The first-order valence-electron chi connectivity index (χ1n) is 5.89. The van der Waals surface area contributed by atoms with E-state index in [1.54, 1.807) is 6.07 Å². The maximum atomic E-state index is 12.8. The van der Waals surface area contributed by atoms with Gasteiger partial charge in [0.05, 0.1) is 11.3 Å². The van der Waals surface area contributed by atoms with Crippen LogP contribution < -0.4 is 5.32 Å². The molecule has 1 amide bonds. The number of aromatic nitrogens is 2. The first-order chi connectivity index (χ1) is 10.3. The molecule has 0 atom stereocenters. The number of carbonyl (C=O) groups excluding carboxylic acids is 1. The third-order valence-corrected chi connectivity index (χ3v) is 2.87. The van der Waals surface area contributed by atoms with E-state index in [1.165, 1.54) is 18.2 Å². The van der Waals surface area contributed by atoms with Gasteiger partial charge in [0, 0.05) is 6.07 Å². The lowest BCUT2D eigenvalue weighted by atomic mass is 10.2. The van der Waals surface area contributed by atoms with Gasteiger partial charge in [-0.05, 0) is 18.2 Å². The Hall–Kier alpha value is -2.53. The molecule has 9 heteroatoms. The van der Waals surface area contributed by atoms with Gasteiger partial charge >= 0.3 is 6.18 Å². The molecular weight excluding hydrogens is 321 g/mol. The lowest BCUT2D eigenvalue weighted by Crippen LogP contribution is -2.16. The fourth-order valence-corrected chi connectivity index (χ4v) is 1.78. The highest BCUT2D eigenvalue weighted by molar-refractivity contribution is 6.29. The van der Waals surface area contributed by atoms with E-state index in [0.29, 0.717) is 0 Å². The molecule has 0 spiro atoms. The SMILES string of the molecule is N#Cc1cc(NC(=O)CCl)n(-c2cccc(C(F)(F)F)c2)n1. The molecule has 0 aliphatic carbocycles. The summed E-state index contributed by atoms with van der Waals surface area (Å²) in [4.78, 5) is 11.3. The van der Waals surface area contributed by atoms with Crippen molar-refractivity contribution in [2.24, 2.45) is 0 Å². The number of carbonyl (C=O) groups is 1. The molecule has 0 radical (unpaired) electrons. The summed E-state index contributed by atoms with van der Waals surface area (Å²) in [7, 11) is 0. The highest BCUT2D eigenvalue weighted by atomic mass is 35.5. The van der Waals surface area contributed by atoms with Gasteiger partial charge in [-0.25, -0.2) is 4.68 Å². The number of amides is 1. The van der Waals surface area contributed by atoms with E-state index in [-0.39, 0.29) is 23.1 Å². The molecule has 0 saturated carbocycles. The Morgan fingerprint density at radius 3 is 2.73 bits per heavy atom. The number of nitrogens with one attached hydrogen (secondary N) is 1. The molecule has 0 saturated heterocycles. The molecule has 0 unspecified atom stereocenters. The van der Waals surface area contributed by atoms with Gasteiger partial charge in [0.25, 0.3) is 0 Å². The molecule has 1 N–H and O–H groups in total. The van der Waals surface area contributed by atoms with Crippen LogP contribution in [-0.4, -0.2) is 21.6 Å². The van der Waals surface area contributed by atoms with Crippen LogP contribution in [0.2, 0.25) is 0 Å². The van der Waals surface area contributed by atoms with Crippen LogP contribution in [0, 0.1) is 11.3 Å². The molecule has 22 heavy (non-hydrogen) atoms. The van der Waals surface area contributed by atoms with Gasteiger partial charge in [0.15, 0.2) is 5.69 Å². The number of benzene rings is 1. The standard InChI is InChI=1S/C13H8ClF3N4O/c14-6-12(22)19-11-5-9(7-18)20-21(11)10-3-1-2-8(4-10)13(15,16)17/h1-5H,6H2,(H,19,22). The van der Waals surface area contributed by atoms with Crippen LogP contribution in [0.15, 0.2) is 30.3 Å². The van der Waals surface area contributed by atoms with Crippen LogP contribution >= 0.6 is 11.6 Å². The summed E-state index contributed by atoms with van der Waals surface area (Å²) in [5, 5.41) is 15.1. The van der Waals surface area contributed by atoms with Crippen LogP contribution in [0.5, 0.6) is 0 Å². The Labute approximate surface area is 127 Å². The minimum atomic E-state index is -4.51. The van der Waals surface area contributed by atoms with Crippen LogP contribution in [0.25, 0.3) is 5.69 Å². The van der Waals surface area contributed by atoms with E-state index in [9.17, 15) is 18.0 Å². The van der Waals surface area contributed by atoms with Crippen LogP contribution in [-0.2, 0) is 11.0 Å². The molecule has 0 aliphatic heterocycles.